The lowest BCUT2D eigenvalue weighted by molar-refractivity contribution is -0.163. The summed E-state index contributed by atoms with van der Waals surface area (Å²) >= 11 is 0. The van der Waals surface area contributed by atoms with Crippen LogP contribution in [0.2, 0.25) is 0 Å². The number of hydrogen-bond acceptors (Lipinski definition) is 6. The first-order valence-electron chi connectivity index (χ1n) is 6.45. The van der Waals surface area contributed by atoms with Crippen LogP contribution < -0.4 is 0 Å². The first kappa shape index (κ1) is 14.1. The van der Waals surface area contributed by atoms with Gasteiger partial charge in [-0.2, -0.15) is 0 Å². The van der Waals surface area contributed by atoms with Crippen LogP contribution in [0.3, 0.4) is 0 Å². The van der Waals surface area contributed by atoms with E-state index in [9.17, 15) is 14.4 Å². The Kier molecular flexibility index (Phi) is 4.31. The minimum atomic E-state index is -0.637. The van der Waals surface area contributed by atoms with Crippen molar-refractivity contribution < 1.29 is 23.9 Å². The molecule has 0 aliphatic carbocycles. The average molecular weight is 269 g/mol. The summed E-state index contributed by atoms with van der Waals surface area (Å²) in [6.07, 6.45) is 1.94. The number of carbonyl (C=O) groups is 3. The topological polar surface area (TPSA) is 72.9 Å². The molecule has 2 saturated heterocycles. The average Bonchev–Trinajstić information content (AvgIpc) is 2.39. The van der Waals surface area contributed by atoms with E-state index < -0.39 is 6.23 Å². The molecule has 2 rings (SSSR count). The highest BCUT2D eigenvalue weighted by Crippen LogP contribution is 2.37. The number of hydrogen-bond donors (Lipinski definition) is 0. The van der Waals surface area contributed by atoms with Gasteiger partial charge in [0, 0.05) is 32.0 Å². The van der Waals surface area contributed by atoms with E-state index in [4.69, 9.17) is 9.47 Å². The van der Waals surface area contributed by atoms with Crippen molar-refractivity contribution in [3.63, 3.8) is 0 Å². The van der Waals surface area contributed by atoms with Crippen molar-refractivity contribution in [3.8, 4) is 0 Å². The van der Waals surface area contributed by atoms with Gasteiger partial charge in [-0.1, -0.05) is 0 Å². The predicted octanol–water partition coefficient (Wildman–Crippen LogP) is 0.143. The standard InChI is InChI=1S/C13H19NO5/c1-18-12(7-15)14-9-3-8(13(17)19-2)4-10(14)6-11(16)5-9/h7-10,12H,3-6H2,1-2H3. The molecular formula is C13H19NO5. The van der Waals surface area contributed by atoms with Crippen LogP contribution in [0.5, 0.6) is 0 Å². The zero-order valence-corrected chi connectivity index (χ0v) is 11.2. The van der Waals surface area contributed by atoms with Crippen LogP contribution in [0, 0.1) is 5.92 Å². The number of rotatable bonds is 4. The van der Waals surface area contributed by atoms with E-state index in [2.05, 4.69) is 0 Å². The molecule has 19 heavy (non-hydrogen) atoms. The molecule has 0 amide bonds. The summed E-state index contributed by atoms with van der Waals surface area (Å²) in [5, 5.41) is 0. The summed E-state index contributed by atoms with van der Waals surface area (Å²) in [7, 11) is 2.85. The lowest BCUT2D eigenvalue weighted by Gasteiger charge is -2.49. The number of piperidine rings is 2. The minimum Gasteiger partial charge on any atom is -0.469 e. The molecule has 2 aliphatic heterocycles. The summed E-state index contributed by atoms with van der Waals surface area (Å²) in [6.45, 7) is 0. The fourth-order valence-electron chi connectivity index (χ4n) is 3.30. The summed E-state index contributed by atoms with van der Waals surface area (Å²) in [5.41, 5.74) is 0. The van der Waals surface area contributed by atoms with Crippen LogP contribution in [0.15, 0.2) is 0 Å². The monoisotopic (exact) mass is 269 g/mol. The molecule has 2 heterocycles. The van der Waals surface area contributed by atoms with Gasteiger partial charge in [-0.05, 0) is 12.8 Å². The maximum atomic E-state index is 11.7. The molecule has 2 aliphatic rings. The Labute approximate surface area is 112 Å². The Bertz CT molecular complexity index is 365. The predicted molar refractivity (Wildman–Crippen MR) is 65.3 cm³/mol. The van der Waals surface area contributed by atoms with E-state index in [-0.39, 0.29) is 29.8 Å². The number of carbonyl (C=O) groups excluding carboxylic acids is 3. The largest absolute Gasteiger partial charge is 0.469 e. The van der Waals surface area contributed by atoms with Gasteiger partial charge in [0.25, 0.3) is 0 Å². The Hall–Kier alpha value is -1.27. The van der Waals surface area contributed by atoms with Gasteiger partial charge in [-0.15, -0.1) is 0 Å². The highest BCUT2D eigenvalue weighted by molar-refractivity contribution is 5.82. The van der Waals surface area contributed by atoms with E-state index in [1.165, 1.54) is 14.2 Å². The molecule has 2 bridgehead atoms. The van der Waals surface area contributed by atoms with Crippen LogP contribution in [-0.4, -0.2) is 55.5 Å². The van der Waals surface area contributed by atoms with Crippen LogP contribution in [0.25, 0.3) is 0 Å². The smallest absolute Gasteiger partial charge is 0.308 e. The number of Topliss-reactive ketones (excluding diaryl/α,β-unsaturated/α-hetero) is 1. The second kappa shape index (κ2) is 5.79. The zero-order chi connectivity index (χ0) is 14.0. The molecular weight excluding hydrogens is 250 g/mol. The SMILES string of the molecule is COC(=O)C1CC2CC(=O)CC(C1)N2C(C=O)OC. The maximum absolute atomic E-state index is 11.7. The Balaban J connectivity index is 2.18. The van der Waals surface area contributed by atoms with Crippen molar-refractivity contribution in [3.05, 3.63) is 0 Å². The van der Waals surface area contributed by atoms with Gasteiger partial charge in [0.2, 0.25) is 0 Å². The van der Waals surface area contributed by atoms with Crippen molar-refractivity contribution in [1.29, 1.82) is 0 Å². The minimum absolute atomic E-state index is 0.112. The van der Waals surface area contributed by atoms with Crippen LogP contribution >= 0.6 is 0 Å². The fourth-order valence-corrected chi connectivity index (χ4v) is 3.30. The second-order valence-electron chi connectivity index (χ2n) is 5.16. The van der Waals surface area contributed by atoms with E-state index in [1.807, 2.05) is 4.90 Å². The molecule has 6 heteroatoms. The highest BCUT2D eigenvalue weighted by atomic mass is 16.5. The summed E-state index contributed by atoms with van der Waals surface area (Å²) in [5.74, 6) is -0.229. The number of ketones is 1. The first-order chi connectivity index (χ1) is 9.10. The fraction of sp³-hybridized carbons (Fsp3) is 0.769. The summed E-state index contributed by atoms with van der Waals surface area (Å²) in [4.78, 5) is 36.4. The molecule has 2 fully saturated rings. The van der Waals surface area contributed by atoms with Crippen molar-refractivity contribution in [2.45, 2.75) is 44.0 Å². The molecule has 0 saturated carbocycles. The van der Waals surface area contributed by atoms with Gasteiger partial charge in [-0.3, -0.25) is 19.3 Å². The van der Waals surface area contributed by atoms with Crippen molar-refractivity contribution in [1.82, 2.24) is 4.90 Å². The van der Waals surface area contributed by atoms with Gasteiger partial charge >= 0.3 is 5.97 Å². The van der Waals surface area contributed by atoms with Crippen molar-refractivity contribution in [2.75, 3.05) is 14.2 Å². The number of fused-ring (bicyclic) bond motifs is 2. The zero-order valence-electron chi connectivity index (χ0n) is 11.2. The van der Waals surface area contributed by atoms with E-state index in [1.54, 1.807) is 0 Å². The van der Waals surface area contributed by atoms with E-state index in [0.717, 1.165) is 6.29 Å². The molecule has 106 valence electrons. The Morgan fingerprint density at radius 1 is 1.32 bits per heavy atom. The number of methoxy groups -OCH3 is 2. The normalized spacial score (nSPS) is 32.7. The van der Waals surface area contributed by atoms with E-state index >= 15 is 0 Å². The Morgan fingerprint density at radius 2 is 1.89 bits per heavy atom. The van der Waals surface area contributed by atoms with Crippen molar-refractivity contribution >= 4 is 18.0 Å². The first-order valence-corrected chi connectivity index (χ1v) is 6.45. The van der Waals surface area contributed by atoms with Gasteiger partial charge in [0.1, 0.15) is 5.78 Å². The van der Waals surface area contributed by atoms with E-state index in [0.29, 0.717) is 25.7 Å². The van der Waals surface area contributed by atoms with Crippen LogP contribution in [0.1, 0.15) is 25.7 Å². The van der Waals surface area contributed by atoms with Gasteiger partial charge in [-0.25, -0.2) is 0 Å². The maximum Gasteiger partial charge on any atom is 0.308 e. The van der Waals surface area contributed by atoms with Crippen LogP contribution in [0.4, 0.5) is 0 Å². The molecule has 0 radical (unpaired) electrons. The second-order valence-corrected chi connectivity index (χ2v) is 5.16. The van der Waals surface area contributed by atoms with Gasteiger partial charge < -0.3 is 9.47 Å². The molecule has 0 spiro atoms. The quantitative estimate of drug-likeness (QED) is 0.534. The molecule has 3 atom stereocenters. The lowest BCUT2D eigenvalue weighted by atomic mass is 9.77. The number of esters is 1. The summed E-state index contributed by atoms with van der Waals surface area (Å²) in [6, 6.07) is -0.224. The molecule has 0 N–H and O–H groups in total. The highest BCUT2D eigenvalue weighted by Gasteiger charge is 2.46. The third-order valence-corrected chi connectivity index (χ3v) is 4.07. The third-order valence-electron chi connectivity index (χ3n) is 4.07. The molecule has 3 unspecified atom stereocenters. The number of aldehydes is 1. The van der Waals surface area contributed by atoms with Crippen LogP contribution in [-0.2, 0) is 23.9 Å². The molecule has 0 aromatic carbocycles. The van der Waals surface area contributed by atoms with Crippen molar-refractivity contribution in [2.24, 2.45) is 5.92 Å². The molecule has 6 nitrogen and oxygen atoms in total. The number of ether oxygens (including phenoxy) is 2. The lowest BCUT2D eigenvalue weighted by Crippen LogP contribution is -2.60. The molecule has 0 aromatic heterocycles. The van der Waals surface area contributed by atoms with Gasteiger partial charge in [0.15, 0.2) is 12.5 Å². The molecule has 0 aromatic rings. The van der Waals surface area contributed by atoms with Gasteiger partial charge in [0.05, 0.1) is 13.0 Å². The summed E-state index contributed by atoms with van der Waals surface area (Å²) < 4.78 is 9.95. The Morgan fingerprint density at radius 3 is 2.32 bits per heavy atom. The number of nitrogens with zero attached hydrogens (tertiary/aromatic N) is 1. The third kappa shape index (κ3) is 2.69.